The molecule has 1 heterocycles. The standard InChI is InChI=1S/C11H17NO2S/c1-8(6-13)7-15-11-5-10(9(2)14)3-4-12-11/h3-5,8-9,13-14H,6-7H2,1-2H3/t8?,9-/m1/s1. The zero-order chi connectivity index (χ0) is 11.3. The van der Waals surface area contributed by atoms with Crippen molar-refractivity contribution in [3.63, 3.8) is 0 Å². The maximum Gasteiger partial charge on any atom is 0.0963 e. The summed E-state index contributed by atoms with van der Waals surface area (Å²) in [6, 6.07) is 3.70. The molecule has 4 heteroatoms. The maximum atomic E-state index is 9.39. The van der Waals surface area contributed by atoms with E-state index in [4.69, 9.17) is 5.11 Å². The van der Waals surface area contributed by atoms with Gasteiger partial charge in [-0.1, -0.05) is 6.92 Å². The highest BCUT2D eigenvalue weighted by molar-refractivity contribution is 7.99. The third kappa shape index (κ3) is 4.20. The van der Waals surface area contributed by atoms with Crippen LogP contribution >= 0.6 is 11.8 Å². The van der Waals surface area contributed by atoms with E-state index < -0.39 is 6.10 Å². The van der Waals surface area contributed by atoms with Crippen molar-refractivity contribution in [2.24, 2.45) is 5.92 Å². The Labute approximate surface area is 94.6 Å². The largest absolute Gasteiger partial charge is 0.396 e. The molecule has 0 aliphatic carbocycles. The molecule has 3 nitrogen and oxygen atoms in total. The summed E-state index contributed by atoms with van der Waals surface area (Å²) in [4.78, 5) is 4.20. The van der Waals surface area contributed by atoms with E-state index in [-0.39, 0.29) is 12.5 Å². The maximum absolute atomic E-state index is 9.39. The van der Waals surface area contributed by atoms with E-state index in [0.29, 0.717) is 0 Å². The molecule has 84 valence electrons. The molecule has 0 radical (unpaired) electrons. The minimum atomic E-state index is -0.456. The average Bonchev–Trinajstić information content (AvgIpc) is 2.26. The van der Waals surface area contributed by atoms with Gasteiger partial charge in [0.25, 0.3) is 0 Å². The van der Waals surface area contributed by atoms with Crippen molar-refractivity contribution in [3.8, 4) is 0 Å². The van der Waals surface area contributed by atoms with Crippen molar-refractivity contribution < 1.29 is 10.2 Å². The molecule has 0 aliphatic heterocycles. The Hall–Kier alpha value is -0.580. The van der Waals surface area contributed by atoms with E-state index in [0.717, 1.165) is 16.3 Å². The van der Waals surface area contributed by atoms with Crippen LogP contribution in [0.3, 0.4) is 0 Å². The molecule has 0 saturated heterocycles. The summed E-state index contributed by atoms with van der Waals surface area (Å²) in [6.07, 6.45) is 1.25. The summed E-state index contributed by atoms with van der Waals surface area (Å²) in [6.45, 7) is 3.93. The molecule has 0 spiro atoms. The molecule has 0 bridgehead atoms. The number of rotatable bonds is 5. The number of hydrogen-bond acceptors (Lipinski definition) is 4. The van der Waals surface area contributed by atoms with Gasteiger partial charge >= 0.3 is 0 Å². The molecule has 0 saturated carbocycles. The number of nitrogens with zero attached hydrogens (tertiary/aromatic N) is 1. The van der Waals surface area contributed by atoms with Gasteiger partial charge in [0.1, 0.15) is 0 Å². The Morgan fingerprint density at radius 1 is 1.47 bits per heavy atom. The molecular weight excluding hydrogens is 210 g/mol. The minimum absolute atomic E-state index is 0.198. The minimum Gasteiger partial charge on any atom is -0.396 e. The lowest BCUT2D eigenvalue weighted by Gasteiger charge is -2.08. The summed E-state index contributed by atoms with van der Waals surface area (Å²) in [5.41, 5.74) is 0.879. The molecule has 15 heavy (non-hydrogen) atoms. The number of aliphatic hydroxyl groups is 2. The van der Waals surface area contributed by atoms with Gasteiger partial charge in [0.05, 0.1) is 11.1 Å². The Balaban J connectivity index is 2.58. The van der Waals surface area contributed by atoms with Crippen LogP contribution in [0.5, 0.6) is 0 Å². The van der Waals surface area contributed by atoms with E-state index in [1.165, 1.54) is 0 Å². The van der Waals surface area contributed by atoms with Crippen molar-refractivity contribution >= 4 is 11.8 Å². The first-order valence-electron chi connectivity index (χ1n) is 5.01. The summed E-state index contributed by atoms with van der Waals surface area (Å²) in [5.74, 6) is 1.11. The lowest BCUT2D eigenvalue weighted by molar-refractivity contribution is 0.199. The molecular formula is C11H17NO2S. The van der Waals surface area contributed by atoms with Gasteiger partial charge in [-0.05, 0) is 30.5 Å². The lowest BCUT2D eigenvalue weighted by atomic mass is 10.2. The Kier molecular flexibility index (Phi) is 5.08. The molecule has 1 aromatic rings. The fourth-order valence-corrected chi connectivity index (χ4v) is 1.96. The molecule has 1 aromatic heterocycles. The van der Waals surface area contributed by atoms with Gasteiger partial charge in [-0.2, -0.15) is 0 Å². The smallest absolute Gasteiger partial charge is 0.0963 e. The van der Waals surface area contributed by atoms with Crippen LogP contribution in [0.25, 0.3) is 0 Å². The van der Waals surface area contributed by atoms with E-state index >= 15 is 0 Å². The van der Waals surface area contributed by atoms with Crippen LogP contribution in [-0.2, 0) is 0 Å². The third-order valence-electron chi connectivity index (χ3n) is 2.07. The van der Waals surface area contributed by atoms with Crippen molar-refractivity contribution in [2.45, 2.75) is 25.0 Å². The summed E-state index contributed by atoms with van der Waals surface area (Å²) >= 11 is 1.60. The molecule has 2 N–H and O–H groups in total. The Morgan fingerprint density at radius 2 is 2.20 bits per heavy atom. The Morgan fingerprint density at radius 3 is 2.80 bits per heavy atom. The summed E-state index contributed by atoms with van der Waals surface area (Å²) in [5, 5.41) is 19.2. The number of hydrogen-bond donors (Lipinski definition) is 2. The topological polar surface area (TPSA) is 53.4 Å². The highest BCUT2D eigenvalue weighted by Gasteiger charge is 2.05. The lowest BCUT2D eigenvalue weighted by Crippen LogP contribution is -2.03. The monoisotopic (exact) mass is 227 g/mol. The first kappa shape index (κ1) is 12.5. The molecule has 0 aliphatic rings. The van der Waals surface area contributed by atoms with Gasteiger partial charge in [0.15, 0.2) is 0 Å². The van der Waals surface area contributed by atoms with Crippen LogP contribution in [0.2, 0.25) is 0 Å². The number of aromatic nitrogens is 1. The number of pyridine rings is 1. The SMILES string of the molecule is CC(CO)CSc1cc([C@@H](C)O)ccn1. The second-order valence-electron chi connectivity index (χ2n) is 3.70. The van der Waals surface area contributed by atoms with Gasteiger partial charge in [-0.15, -0.1) is 11.8 Å². The molecule has 0 amide bonds. The van der Waals surface area contributed by atoms with Gasteiger partial charge < -0.3 is 10.2 Å². The van der Waals surface area contributed by atoms with Gasteiger partial charge in [-0.3, -0.25) is 0 Å². The average molecular weight is 227 g/mol. The van der Waals surface area contributed by atoms with E-state index in [1.807, 2.05) is 19.1 Å². The third-order valence-corrected chi connectivity index (χ3v) is 3.32. The molecule has 0 fully saturated rings. The van der Waals surface area contributed by atoms with Gasteiger partial charge in [-0.25, -0.2) is 4.98 Å². The van der Waals surface area contributed by atoms with E-state index in [1.54, 1.807) is 24.9 Å². The molecule has 1 rings (SSSR count). The van der Waals surface area contributed by atoms with Crippen LogP contribution < -0.4 is 0 Å². The highest BCUT2D eigenvalue weighted by atomic mass is 32.2. The first-order valence-corrected chi connectivity index (χ1v) is 5.99. The number of thioether (sulfide) groups is 1. The van der Waals surface area contributed by atoms with E-state index in [9.17, 15) is 5.11 Å². The number of aliphatic hydroxyl groups excluding tert-OH is 2. The second-order valence-corrected chi connectivity index (χ2v) is 4.74. The quantitative estimate of drug-likeness (QED) is 0.754. The Bertz CT molecular complexity index is 304. The van der Waals surface area contributed by atoms with Crippen molar-refractivity contribution in [2.75, 3.05) is 12.4 Å². The second kappa shape index (κ2) is 6.10. The van der Waals surface area contributed by atoms with Gasteiger partial charge in [0, 0.05) is 18.6 Å². The van der Waals surface area contributed by atoms with Crippen LogP contribution in [0.1, 0.15) is 25.5 Å². The first-order chi connectivity index (χ1) is 7.13. The molecule has 2 atom stereocenters. The van der Waals surface area contributed by atoms with Crippen LogP contribution in [0.4, 0.5) is 0 Å². The zero-order valence-electron chi connectivity index (χ0n) is 9.05. The van der Waals surface area contributed by atoms with Crippen molar-refractivity contribution in [3.05, 3.63) is 23.9 Å². The predicted molar refractivity (Wildman–Crippen MR) is 61.8 cm³/mol. The molecule has 1 unspecified atom stereocenters. The zero-order valence-corrected chi connectivity index (χ0v) is 9.87. The normalized spacial score (nSPS) is 14.9. The van der Waals surface area contributed by atoms with Crippen LogP contribution in [0.15, 0.2) is 23.4 Å². The van der Waals surface area contributed by atoms with Gasteiger partial charge in [0.2, 0.25) is 0 Å². The molecule has 0 aromatic carbocycles. The predicted octanol–water partition coefficient (Wildman–Crippen LogP) is 1.86. The van der Waals surface area contributed by atoms with Crippen LogP contribution in [0, 0.1) is 5.92 Å². The fourth-order valence-electron chi connectivity index (χ4n) is 1.04. The fraction of sp³-hybridized carbons (Fsp3) is 0.545. The van der Waals surface area contributed by atoms with E-state index in [2.05, 4.69) is 4.98 Å². The van der Waals surface area contributed by atoms with Crippen molar-refractivity contribution in [1.82, 2.24) is 4.98 Å². The highest BCUT2D eigenvalue weighted by Crippen LogP contribution is 2.21. The summed E-state index contributed by atoms with van der Waals surface area (Å²) in [7, 11) is 0. The van der Waals surface area contributed by atoms with Crippen LogP contribution in [-0.4, -0.2) is 27.6 Å². The van der Waals surface area contributed by atoms with Crippen molar-refractivity contribution in [1.29, 1.82) is 0 Å². The summed E-state index contributed by atoms with van der Waals surface area (Å²) < 4.78 is 0.